The number of fused-ring (bicyclic) bond motifs is 1. The van der Waals surface area contributed by atoms with Gasteiger partial charge in [0.2, 0.25) is 11.1 Å². The van der Waals surface area contributed by atoms with E-state index in [0.717, 1.165) is 41.5 Å². The summed E-state index contributed by atoms with van der Waals surface area (Å²) in [5.74, 6) is 3.13. The molecule has 1 atom stereocenters. The van der Waals surface area contributed by atoms with Gasteiger partial charge in [-0.15, -0.1) is 5.10 Å². The number of carbonyl (C=O) groups excluding carboxylic acids is 1. The number of para-hydroxylation sites is 2. The first kappa shape index (κ1) is 33.7. The minimum absolute atomic E-state index is 0.265. The molecule has 238 valence electrons. The summed E-state index contributed by atoms with van der Waals surface area (Å²) in [6.07, 6.45) is 6.60. The molecule has 3 aromatic rings. The lowest BCUT2D eigenvalue weighted by Gasteiger charge is -2.29. The van der Waals surface area contributed by atoms with E-state index in [9.17, 15) is 4.79 Å². The summed E-state index contributed by atoms with van der Waals surface area (Å²) in [7, 11) is 0. The van der Waals surface area contributed by atoms with Crippen LogP contribution in [-0.2, 0) is 4.79 Å². The molecule has 1 aliphatic heterocycles. The average molecular weight is 687 g/mol. The van der Waals surface area contributed by atoms with Crippen LogP contribution < -0.4 is 24.8 Å². The van der Waals surface area contributed by atoms with Gasteiger partial charge in [-0.3, -0.25) is 4.79 Å². The van der Waals surface area contributed by atoms with Gasteiger partial charge < -0.3 is 24.8 Å². The molecule has 9 nitrogen and oxygen atoms in total. The molecule has 0 spiro atoms. The molecule has 1 amide bonds. The third-order valence-electron chi connectivity index (χ3n) is 7.13. The van der Waals surface area contributed by atoms with Crippen LogP contribution in [-0.4, -0.2) is 46.2 Å². The molecular weight excluding hydrogens is 642 g/mol. The van der Waals surface area contributed by atoms with Crippen molar-refractivity contribution in [1.82, 2.24) is 14.8 Å². The molecule has 2 aromatic carbocycles. The van der Waals surface area contributed by atoms with Crippen LogP contribution in [0.3, 0.4) is 0 Å². The van der Waals surface area contributed by atoms with Gasteiger partial charge in [-0.2, -0.15) is 4.98 Å². The molecule has 0 fully saturated rings. The van der Waals surface area contributed by atoms with Gasteiger partial charge in [-0.25, -0.2) is 4.68 Å². The van der Waals surface area contributed by atoms with Gasteiger partial charge in [0, 0.05) is 11.4 Å². The second kappa shape index (κ2) is 16.8. The van der Waals surface area contributed by atoms with Crippen LogP contribution in [0.15, 0.2) is 57.3 Å². The highest BCUT2D eigenvalue weighted by Crippen LogP contribution is 2.43. The number of nitrogens with zero attached hydrogens (tertiary/aromatic N) is 3. The number of allylic oxidation sites excluding steroid dienone is 1. The fourth-order valence-electron chi connectivity index (χ4n) is 5.00. The molecule has 0 saturated heterocycles. The Balaban J connectivity index is 1.76. The number of hydrogen-bond donors (Lipinski definition) is 2. The summed E-state index contributed by atoms with van der Waals surface area (Å²) in [5.41, 5.74) is 2.62. The van der Waals surface area contributed by atoms with E-state index in [4.69, 9.17) is 24.3 Å². The molecule has 2 N–H and O–H groups in total. The highest BCUT2D eigenvalue weighted by atomic mass is 79.9. The molecule has 1 aliphatic rings. The number of benzene rings is 2. The number of amides is 1. The van der Waals surface area contributed by atoms with Crippen LogP contribution in [0.1, 0.15) is 84.7 Å². The Kier molecular flexibility index (Phi) is 12.8. The molecule has 1 aromatic heterocycles. The molecule has 1 unspecified atom stereocenters. The molecule has 0 bridgehead atoms. The molecule has 4 rings (SSSR count). The summed E-state index contributed by atoms with van der Waals surface area (Å²) < 4.78 is 20.7. The fourth-order valence-corrected chi connectivity index (χ4v) is 6.48. The number of halogens is 1. The number of unbranched alkanes of at least 4 members (excludes halogenated alkanes) is 4. The predicted molar refractivity (Wildman–Crippen MR) is 181 cm³/mol. The number of anilines is 2. The molecule has 2 heterocycles. The first-order valence-corrected chi connectivity index (χ1v) is 17.4. The van der Waals surface area contributed by atoms with Crippen molar-refractivity contribution in [3.05, 3.63) is 57.7 Å². The van der Waals surface area contributed by atoms with Gasteiger partial charge in [0.15, 0.2) is 11.5 Å². The van der Waals surface area contributed by atoms with Crippen molar-refractivity contribution < 1.29 is 19.0 Å². The Morgan fingerprint density at radius 3 is 2.50 bits per heavy atom. The second-order valence-corrected chi connectivity index (χ2v) is 12.4. The van der Waals surface area contributed by atoms with Crippen LogP contribution in [0.5, 0.6) is 17.2 Å². The standard InChI is InChI=1S/C33H44BrN5O4S/c1-6-10-12-15-18-43-30-24(34)20-23(21-27(30)42-9-4)29-28(31(40)36-25-16-13-14-17-26(25)41-8-3)22(5)35-32-37-33(38-39(29)32)44-19-11-7-2/h13-14,16-17,20-21,29H,6-12,15,18-19H2,1-5H3,(H,36,40)(H,35,37,38). The summed E-state index contributed by atoms with van der Waals surface area (Å²) in [4.78, 5) is 18.9. The zero-order valence-corrected chi connectivity index (χ0v) is 28.8. The molecular formula is C33H44BrN5O4S. The van der Waals surface area contributed by atoms with Crippen LogP contribution >= 0.6 is 27.7 Å². The molecule has 44 heavy (non-hydrogen) atoms. The van der Waals surface area contributed by atoms with Crippen molar-refractivity contribution in [3.8, 4) is 17.2 Å². The zero-order chi connectivity index (χ0) is 31.5. The van der Waals surface area contributed by atoms with Gasteiger partial charge in [0.1, 0.15) is 11.8 Å². The van der Waals surface area contributed by atoms with Crippen LogP contribution in [0.2, 0.25) is 0 Å². The Labute approximate surface area is 273 Å². The van der Waals surface area contributed by atoms with E-state index in [1.54, 1.807) is 16.4 Å². The number of rotatable bonds is 17. The number of aromatic nitrogens is 3. The van der Waals surface area contributed by atoms with Gasteiger partial charge in [-0.05, 0) is 79.4 Å². The Morgan fingerprint density at radius 1 is 1.00 bits per heavy atom. The minimum Gasteiger partial charge on any atom is -0.492 e. The van der Waals surface area contributed by atoms with E-state index in [2.05, 4.69) is 40.4 Å². The number of ether oxygens (including phenoxy) is 3. The lowest BCUT2D eigenvalue weighted by molar-refractivity contribution is -0.113. The van der Waals surface area contributed by atoms with Crippen LogP contribution in [0.25, 0.3) is 0 Å². The zero-order valence-electron chi connectivity index (χ0n) is 26.4. The average Bonchev–Trinajstić information content (AvgIpc) is 3.40. The summed E-state index contributed by atoms with van der Waals surface area (Å²) in [5, 5.41) is 12.0. The Hall–Kier alpha value is -3.18. The van der Waals surface area contributed by atoms with Gasteiger partial charge in [-0.1, -0.05) is 63.4 Å². The summed E-state index contributed by atoms with van der Waals surface area (Å²) >= 11 is 5.37. The molecule has 0 saturated carbocycles. The Morgan fingerprint density at radius 2 is 1.75 bits per heavy atom. The van der Waals surface area contributed by atoms with Gasteiger partial charge >= 0.3 is 0 Å². The number of nitrogens with one attached hydrogen (secondary N) is 2. The van der Waals surface area contributed by atoms with Crippen molar-refractivity contribution in [2.45, 2.75) is 84.3 Å². The van der Waals surface area contributed by atoms with E-state index in [0.29, 0.717) is 65.1 Å². The minimum atomic E-state index is -0.576. The largest absolute Gasteiger partial charge is 0.492 e. The van der Waals surface area contributed by atoms with Crippen molar-refractivity contribution in [2.24, 2.45) is 0 Å². The quantitative estimate of drug-likeness (QED) is 0.108. The third-order valence-corrected chi connectivity index (χ3v) is 8.65. The van der Waals surface area contributed by atoms with Crippen LogP contribution in [0, 0.1) is 0 Å². The molecule has 0 radical (unpaired) electrons. The normalized spacial score (nSPS) is 14.2. The highest BCUT2D eigenvalue weighted by Gasteiger charge is 2.36. The first-order chi connectivity index (χ1) is 21.4. The van der Waals surface area contributed by atoms with E-state index in [-0.39, 0.29) is 5.91 Å². The maximum Gasteiger partial charge on any atom is 0.255 e. The van der Waals surface area contributed by atoms with Gasteiger partial charge in [0.25, 0.3) is 5.91 Å². The lowest BCUT2D eigenvalue weighted by atomic mass is 9.94. The fraction of sp³-hybridized carbons (Fsp3) is 0.485. The lowest BCUT2D eigenvalue weighted by Crippen LogP contribution is -2.31. The van der Waals surface area contributed by atoms with E-state index >= 15 is 0 Å². The third kappa shape index (κ3) is 8.29. The smallest absolute Gasteiger partial charge is 0.255 e. The van der Waals surface area contributed by atoms with E-state index in [1.807, 2.05) is 57.2 Å². The van der Waals surface area contributed by atoms with E-state index in [1.165, 1.54) is 12.8 Å². The number of hydrogen-bond acceptors (Lipinski definition) is 8. The van der Waals surface area contributed by atoms with E-state index < -0.39 is 6.04 Å². The highest BCUT2D eigenvalue weighted by molar-refractivity contribution is 9.10. The second-order valence-electron chi connectivity index (χ2n) is 10.5. The van der Waals surface area contributed by atoms with Crippen molar-refractivity contribution >= 4 is 45.2 Å². The topological polar surface area (TPSA) is 99.5 Å². The van der Waals surface area contributed by atoms with Crippen molar-refractivity contribution in [1.29, 1.82) is 0 Å². The maximum absolute atomic E-state index is 14.1. The summed E-state index contributed by atoms with van der Waals surface area (Å²) in [6, 6.07) is 10.8. The SMILES string of the molecule is CCCCCCOc1c(Br)cc(C2C(C(=O)Nc3ccccc3OCC)=C(C)Nc3nc(SCCCC)nn32)cc1OCC. The van der Waals surface area contributed by atoms with Gasteiger partial charge in [0.05, 0.1) is 35.6 Å². The maximum atomic E-state index is 14.1. The monoisotopic (exact) mass is 685 g/mol. The number of carbonyl (C=O) groups is 1. The molecule has 0 aliphatic carbocycles. The number of thioether (sulfide) groups is 1. The van der Waals surface area contributed by atoms with Crippen molar-refractivity contribution in [3.63, 3.8) is 0 Å². The van der Waals surface area contributed by atoms with Crippen molar-refractivity contribution in [2.75, 3.05) is 36.2 Å². The Bertz CT molecular complexity index is 1440. The molecule has 11 heteroatoms. The summed E-state index contributed by atoms with van der Waals surface area (Å²) in [6.45, 7) is 11.7. The predicted octanol–water partition coefficient (Wildman–Crippen LogP) is 8.62. The first-order valence-electron chi connectivity index (χ1n) is 15.6. The van der Waals surface area contributed by atoms with Crippen LogP contribution in [0.4, 0.5) is 11.6 Å².